The number of hydrogen-bond acceptors (Lipinski definition) is 5. The molecule has 0 fully saturated rings. The number of aryl methyl sites for hydroxylation is 1. The Morgan fingerprint density at radius 1 is 1.40 bits per heavy atom. The lowest BCUT2D eigenvalue weighted by Crippen LogP contribution is -2.50. The molecule has 0 saturated heterocycles. The Morgan fingerprint density at radius 3 is 2.68 bits per heavy atom. The normalized spacial score (nSPS) is 17.6. The second-order valence-corrected chi connectivity index (χ2v) is 11.0. The van der Waals surface area contributed by atoms with Crippen molar-refractivity contribution in [1.29, 1.82) is 0 Å². The van der Waals surface area contributed by atoms with Gasteiger partial charge in [0.15, 0.2) is 6.10 Å². The quantitative estimate of drug-likeness (QED) is 0.785. The smallest absolute Gasteiger partial charge is 0.263 e. The molecule has 1 atom stereocenters. The third kappa shape index (κ3) is 5.54. The number of hydrogen-bond donors (Lipinski definition) is 1. The van der Waals surface area contributed by atoms with Gasteiger partial charge in [-0.1, -0.05) is 26.8 Å². The molecule has 2 rings (SSSR count). The van der Waals surface area contributed by atoms with Gasteiger partial charge in [-0.05, 0) is 24.6 Å². The zero-order chi connectivity index (χ0) is 18.8. The summed E-state index contributed by atoms with van der Waals surface area (Å²) in [5.74, 6) is 0.897. The highest BCUT2D eigenvalue weighted by molar-refractivity contribution is 8.00. The minimum Gasteiger partial charge on any atom is -0.476 e. The van der Waals surface area contributed by atoms with Crippen LogP contribution in [-0.2, 0) is 14.8 Å². The number of benzene rings is 1. The van der Waals surface area contributed by atoms with E-state index in [4.69, 9.17) is 4.74 Å². The van der Waals surface area contributed by atoms with Crippen molar-refractivity contribution in [1.82, 2.24) is 5.32 Å². The van der Waals surface area contributed by atoms with Gasteiger partial charge in [0, 0.05) is 17.0 Å². The van der Waals surface area contributed by atoms with Gasteiger partial charge in [-0.2, -0.15) is 11.8 Å². The van der Waals surface area contributed by atoms with Crippen molar-refractivity contribution in [3.63, 3.8) is 0 Å². The highest BCUT2D eigenvalue weighted by atomic mass is 32.2. The van der Waals surface area contributed by atoms with Gasteiger partial charge in [-0.15, -0.1) is 0 Å². The first kappa shape index (κ1) is 19.9. The first-order valence-corrected chi connectivity index (χ1v) is 11.0. The molecule has 1 N–H and O–H groups in total. The van der Waals surface area contributed by atoms with Crippen LogP contribution in [0.15, 0.2) is 18.2 Å². The summed E-state index contributed by atoms with van der Waals surface area (Å²) in [6.45, 7) is 8.73. The summed E-state index contributed by atoms with van der Waals surface area (Å²) in [4.78, 5) is 12.4. The van der Waals surface area contributed by atoms with E-state index < -0.39 is 16.1 Å². The summed E-state index contributed by atoms with van der Waals surface area (Å²) >= 11 is 1.76. The van der Waals surface area contributed by atoms with Gasteiger partial charge in [-0.3, -0.25) is 9.10 Å². The van der Waals surface area contributed by atoms with Crippen molar-refractivity contribution in [2.24, 2.45) is 0 Å². The zero-order valence-corrected chi connectivity index (χ0v) is 17.0. The highest BCUT2D eigenvalue weighted by Crippen LogP contribution is 2.35. The molecule has 0 radical (unpaired) electrons. The van der Waals surface area contributed by atoms with Crippen LogP contribution in [0.4, 0.5) is 5.69 Å². The molecule has 1 heterocycles. The highest BCUT2D eigenvalue weighted by Gasteiger charge is 2.34. The second kappa shape index (κ2) is 7.45. The lowest BCUT2D eigenvalue weighted by atomic mass is 10.1. The van der Waals surface area contributed by atoms with Crippen LogP contribution in [0, 0.1) is 6.92 Å². The van der Waals surface area contributed by atoms with E-state index in [1.165, 1.54) is 4.31 Å². The van der Waals surface area contributed by atoms with Gasteiger partial charge in [-0.25, -0.2) is 8.42 Å². The van der Waals surface area contributed by atoms with Gasteiger partial charge >= 0.3 is 0 Å². The number of nitrogens with one attached hydrogen (secondary N) is 1. The van der Waals surface area contributed by atoms with Crippen molar-refractivity contribution >= 4 is 33.4 Å². The van der Waals surface area contributed by atoms with Crippen molar-refractivity contribution in [3.8, 4) is 5.75 Å². The molecule has 0 bridgehead atoms. The Balaban J connectivity index is 2.08. The molecule has 140 valence electrons. The second-order valence-electron chi connectivity index (χ2n) is 7.12. The summed E-state index contributed by atoms with van der Waals surface area (Å²) in [5, 5.41) is 2.83. The van der Waals surface area contributed by atoms with Crippen LogP contribution in [0.5, 0.6) is 5.75 Å². The number of amides is 1. The van der Waals surface area contributed by atoms with E-state index in [1.807, 2.05) is 13.0 Å². The number of nitrogens with zero attached hydrogens (tertiary/aromatic N) is 1. The number of carbonyl (C=O) groups is 1. The fraction of sp³-hybridized carbons (Fsp3) is 0.588. The molecule has 0 spiro atoms. The van der Waals surface area contributed by atoms with Crippen LogP contribution in [0.2, 0.25) is 0 Å². The van der Waals surface area contributed by atoms with E-state index in [9.17, 15) is 13.2 Å². The Bertz CT molecular complexity index is 742. The van der Waals surface area contributed by atoms with E-state index in [1.54, 1.807) is 23.9 Å². The molecule has 1 amide bonds. The van der Waals surface area contributed by atoms with Crippen molar-refractivity contribution in [3.05, 3.63) is 23.8 Å². The van der Waals surface area contributed by atoms with Gasteiger partial charge in [0.25, 0.3) is 5.91 Å². The predicted molar refractivity (Wildman–Crippen MR) is 103 cm³/mol. The maximum Gasteiger partial charge on any atom is 0.263 e. The SMILES string of the molecule is Cc1ccc2c(c1)N(S(C)(=O)=O)C[C@@H](C(=O)NCCSC(C)(C)C)O2. The van der Waals surface area contributed by atoms with Crippen molar-refractivity contribution < 1.29 is 17.9 Å². The fourth-order valence-electron chi connectivity index (χ4n) is 2.46. The average Bonchev–Trinajstić information content (AvgIpc) is 2.48. The molecule has 25 heavy (non-hydrogen) atoms. The minimum atomic E-state index is -3.50. The van der Waals surface area contributed by atoms with Gasteiger partial charge in [0.05, 0.1) is 18.5 Å². The summed E-state index contributed by atoms with van der Waals surface area (Å²) in [7, 11) is -3.50. The number of fused-ring (bicyclic) bond motifs is 1. The molecule has 0 saturated carbocycles. The van der Waals surface area contributed by atoms with Crippen LogP contribution in [-0.4, -0.2) is 50.3 Å². The first-order chi connectivity index (χ1) is 11.5. The molecule has 6 nitrogen and oxygen atoms in total. The first-order valence-electron chi connectivity index (χ1n) is 8.14. The molecular weight excluding hydrogens is 360 g/mol. The number of sulfonamides is 1. The minimum absolute atomic E-state index is 0.0203. The molecule has 1 aromatic rings. The van der Waals surface area contributed by atoms with Crippen LogP contribution < -0.4 is 14.4 Å². The standard InChI is InChI=1S/C17H26N2O4S2/c1-12-6-7-14-13(10-12)19(25(5,21)22)11-15(23-14)16(20)18-8-9-24-17(2,3)4/h6-7,10,15H,8-9,11H2,1-5H3,(H,18,20)/t15-/m0/s1. The molecule has 8 heteroatoms. The van der Waals surface area contributed by atoms with E-state index in [0.29, 0.717) is 18.0 Å². The molecule has 0 aliphatic carbocycles. The summed E-state index contributed by atoms with van der Waals surface area (Å²) in [6, 6.07) is 5.29. The largest absolute Gasteiger partial charge is 0.476 e. The topological polar surface area (TPSA) is 75.7 Å². The van der Waals surface area contributed by atoms with Gasteiger partial charge in [0.1, 0.15) is 5.75 Å². The Hall–Kier alpha value is -1.41. The Labute approximate surface area is 154 Å². The predicted octanol–water partition coefficient (Wildman–Crippen LogP) is 2.17. The third-order valence-electron chi connectivity index (χ3n) is 3.61. The molecule has 1 aliphatic heterocycles. The van der Waals surface area contributed by atoms with Crippen LogP contribution in [0.3, 0.4) is 0 Å². The van der Waals surface area contributed by atoms with E-state index >= 15 is 0 Å². The van der Waals surface area contributed by atoms with Crippen LogP contribution >= 0.6 is 11.8 Å². The number of ether oxygens (including phenoxy) is 1. The zero-order valence-electron chi connectivity index (χ0n) is 15.3. The number of carbonyl (C=O) groups excluding carboxylic acids is 1. The third-order valence-corrected chi connectivity index (χ3v) is 6.03. The Morgan fingerprint density at radius 2 is 2.08 bits per heavy atom. The number of thioether (sulfide) groups is 1. The van der Waals surface area contributed by atoms with E-state index in [2.05, 4.69) is 26.1 Å². The van der Waals surface area contributed by atoms with E-state index in [-0.39, 0.29) is 17.2 Å². The maximum absolute atomic E-state index is 12.4. The Kier molecular flexibility index (Phi) is 5.93. The van der Waals surface area contributed by atoms with Crippen LogP contribution in [0.25, 0.3) is 0 Å². The summed E-state index contributed by atoms with van der Waals surface area (Å²) in [6.07, 6.45) is 0.281. The average molecular weight is 387 g/mol. The van der Waals surface area contributed by atoms with Gasteiger partial charge < -0.3 is 10.1 Å². The van der Waals surface area contributed by atoms with E-state index in [0.717, 1.165) is 17.6 Å². The number of rotatable bonds is 5. The molecule has 1 aliphatic rings. The fourth-order valence-corrected chi connectivity index (χ4v) is 4.18. The van der Waals surface area contributed by atoms with Crippen molar-refractivity contribution in [2.75, 3.05) is 29.4 Å². The summed E-state index contributed by atoms with van der Waals surface area (Å²) < 4.78 is 31.4. The van der Waals surface area contributed by atoms with Crippen molar-refractivity contribution in [2.45, 2.75) is 38.5 Å². The lowest BCUT2D eigenvalue weighted by Gasteiger charge is -2.34. The lowest BCUT2D eigenvalue weighted by molar-refractivity contribution is -0.127. The maximum atomic E-state index is 12.4. The molecular formula is C17H26N2O4S2. The summed E-state index contributed by atoms with van der Waals surface area (Å²) in [5.41, 5.74) is 1.41. The number of anilines is 1. The monoisotopic (exact) mass is 386 g/mol. The molecule has 0 aromatic heterocycles. The molecule has 0 unspecified atom stereocenters. The molecule has 1 aromatic carbocycles. The van der Waals surface area contributed by atoms with Gasteiger partial charge in [0.2, 0.25) is 10.0 Å². The van der Waals surface area contributed by atoms with Crippen LogP contribution in [0.1, 0.15) is 26.3 Å².